The van der Waals surface area contributed by atoms with E-state index in [2.05, 4.69) is 10.4 Å². The highest BCUT2D eigenvalue weighted by Gasteiger charge is 2.31. The lowest BCUT2D eigenvalue weighted by Crippen LogP contribution is -2.48. The van der Waals surface area contributed by atoms with Gasteiger partial charge in [0.2, 0.25) is 5.91 Å². The van der Waals surface area contributed by atoms with Crippen LogP contribution in [-0.4, -0.2) is 57.5 Å². The number of ether oxygens (including phenoxy) is 1. The zero-order valence-corrected chi connectivity index (χ0v) is 19.9. The van der Waals surface area contributed by atoms with E-state index in [0.717, 1.165) is 27.8 Å². The second-order valence-electron chi connectivity index (χ2n) is 8.75. The number of nitrogens with zero attached hydrogens (tertiary/aromatic N) is 3. The zero-order valence-electron chi connectivity index (χ0n) is 19.9. The normalized spacial score (nSPS) is 13.0. The molecule has 1 heterocycles. The highest BCUT2D eigenvalue weighted by molar-refractivity contribution is 5.89. The Morgan fingerprint density at radius 1 is 1.11 bits per heavy atom. The van der Waals surface area contributed by atoms with Crippen LogP contribution in [0.2, 0.25) is 0 Å². The second kappa shape index (κ2) is 10.0. The predicted octanol–water partition coefficient (Wildman–Crippen LogP) is 3.07. The first-order valence-corrected chi connectivity index (χ1v) is 11.3. The van der Waals surface area contributed by atoms with E-state index < -0.39 is 30.4 Å². The summed E-state index contributed by atoms with van der Waals surface area (Å²) in [5.74, 6) is -1.88. The smallest absolute Gasteiger partial charge is 0.407 e. The third kappa shape index (κ3) is 5.18. The van der Waals surface area contributed by atoms with E-state index in [9.17, 15) is 19.5 Å². The number of rotatable bonds is 8. The van der Waals surface area contributed by atoms with Crippen molar-refractivity contribution in [1.29, 1.82) is 0 Å². The summed E-state index contributed by atoms with van der Waals surface area (Å²) in [6, 6.07) is 14.6. The number of aliphatic carboxylic acids is 1. The number of aromatic nitrogens is 2. The summed E-state index contributed by atoms with van der Waals surface area (Å²) in [6.07, 6.45) is 0.431. The van der Waals surface area contributed by atoms with Gasteiger partial charge in [0.05, 0.1) is 18.7 Å². The minimum Gasteiger partial charge on any atom is -0.481 e. The van der Waals surface area contributed by atoms with Gasteiger partial charge in [-0.2, -0.15) is 5.10 Å². The van der Waals surface area contributed by atoms with Crippen molar-refractivity contribution in [2.24, 2.45) is 7.05 Å². The Bertz CT molecular complexity index is 1220. The number of hydrogen-bond acceptors (Lipinski definition) is 5. The first-order valence-electron chi connectivity index (χ1n) is 11.3. The van der Waals surface area contributed by atoms with Crippen LogP contribution in [0.5, 0.6) is 0 Å². The van der Waals surface area contributed by atoms with E-state index in [-0.39, 0.29) is 19.1 Å². The molecule has 1 unspecified atom stereocenters. The number of amides is 2. The van der Waals surface area contributed by atoms with Crippen LogP contribution in [0, 0.1) is 6.92 Å². The molecule has 4 rings (SSSR count). The molecule has 3 aromatic rings. The van der Waals surface area contributed by atoms with Crippen LogP contribution < -0.4 is 5.32 Å². The van der Waals surface area contributed by atoms with E-state index in [1.165, 1.54) is 4.90 Å². The van der Waals surface area contributed by atoms with E-state index in [1.807, 2.05) is 61.7 Å². The van der Waals surface area contributed by atoms with Crippen LogP contribution in [0.1, 0.15) is 34.7 Å². The van der Waals surface area contributed by atoms with Crippen molar-refractivity contribution in [3.63, 3.8) is 0 Å². The van der Waals surface area contributed by atoms with Crippen molar-refractivity contribution in [3.8, 4) is 11.1 Å². The molecule has 1 aromatic heterocycles. The van der Waals surface area contributed by atoms with Crippen LogP contribution in [-0.2, 0) is 27.9 Å². The molecule has 0 saturated heterocycles. The van der Waals surface area contributed by atoms with Crippen molar-refractivity contribution >= 4 is 18.0 Å². The third-order valence-electron chi connectivity index (χ3n) is 6.19. The monoisotopic (exact) mass is 476 g/mol. The summed E-state index contributed by atoms with van der Waals surface area (Å²) in [6.45, 7) is 2.13. The van der Waals surface area contributed by atoms with Gasteiger partial charge in [-0.05, 0) is 34.7 Å². The molecule has 2 aromatic carbocycles. The fraction of sp³-hybridized carbons (Fsp3) is 0.308. The molecule has 9 nitrogen and oxygen atoms in total. The first-order chi connectivity index (χ1) is 16.7. The summed E-state index contributed by atoms with van der Waals surface area (Å²) >= 11 is 0. The number of likely N-dealkylation sites (N-methyl/N-ethyl adjacent to an activating group) is 1. The van der Waals surface area contributed by atoms with Gasteiger partial charge < -0.3 is 20.1 Å². The minimum atomic E-state index is -1.27. The quantitative estimate of drug-likeness (QED) is 0.517. The number of hydrogen-bond donors (Lipinski definition) is 2. The molecule has 182 valence electrons. The van der Waals surface area contributed by atoms with Crippen molar-refractivity contribution < 1.29 is 24.2 Å². The van der Waals surface area contributed by atoms with Gasteiger partial charge in [-0.1, -0.05) is 48.5 Å². The molecule has 9 heteroatoms. The van der Waals surface area contributed by atoms with Crippen LogP contribution in [0.25, 0.3) is 11.1 Å². The average Bonchev–Trinajstić information content (AvgIpc) is 3.32. The molecule has 0 saturated carbocycles. The Morgan fingerprint density at radius 3 is 2.26 bits per heavy atom. The number of aryl methyl sites for hydroxylation is 2. The molecule has 1 aliphatic carbocycles. The van der Waals surface area contributed by atoms with Crippen LogP contribution in [0.3, 0.4) is 0 Å². The lowest BCUT2D eigenvalue weighted by Gasteiger charge is -2.23. The Morgan fingerprint density at radius 2 is 1.71 bits per heavy atom. The van der Waals surface area contributed by atoms with Crippen molar-refractivity contribution in [2.75, 3.05) is 13.7 Å². The fourth-order valence-electron chi connectivity index (χ4n) is 4.53. The van der Waals surface area contributed by atoms with E-state index in [1.54, 1.807) is 18.8 Å². The Hall–Kier alpha value is -4.14. The zero-order chi connectivity index (χ0) is 25.1. The molecule has 0 bridgehead atoms. The maximum absolute atomic E-state index is 13.0. The summed E-state index contributed by atoms with van der Waals surface area (Å²) in [5.41, 5.74) is 5.92. The van der Waals surface area contributed by atoms with Crippen molar-refractivity contribution in [2.45, 2.75) is 31.8 Å². The van der Waals surface area contributed by atoms with Gasteiger partial charge in [0.15, 0.2) is 0 Å². The number of carboxylic acid groups (broad SMARTS) is 1. The lowest BCUT2D eigenvalue weighted by molar-refractivity contribution is -0.142. The van der Waals surface area contributed by atoms with Crippen molar-refractivity contribution in [3.05, 3.63) is 77.1 Å². The molecule has 0 aliphatic heterocycles. The lowest BCUT2D eigenvalue weighted by atomic mass is 9.98. The van der Waals surface area contributed by atoms with Gasteiger partial charge in [-0.25, -0.2) is 4.79 Å². The predicted molar refractivity (Wildman–Crippen MR) is 129 cm³/mol. The highest BCUT2D eigenvalue weighted by Crippen LogP contribution is 2.44. The van der Waals surface area contributed by atoms with Gasteiger partial charge in [0, 0.05) is 26.2 Å². The number of benzene rings is 2. The minimum absolute atomic E-state index is 0.0663. The maximum Gasteiger partial charge on any atom is 0.407 e. The van der Waals surface area contributed by atoms with E-state index >= 15 is 0 Å². The molecule has 35 heavy (non-hydrogen) atoms. The molecule has 0 radical (unpaired) electrons. The number of nitrogens with one attached hydrogen (secondary N) is 1. The molecular weight excluding hydrogens is 448 g/mol. The Labute approximate surface area is 203 Å². The molecule has 1 atom stereocenters. The van der Waals surface area contributed by atoms with Crippen LogP contribution in [0.15, 0.2) is 54.7 Å². The fourth-order valence-corrected chi connectivity index (χ4v) is 4.53. The van der Waals surface area contributed by atoms with Gasteiger partial charge in [-0.3, -0.25) is 14.3 Å². The molecule has 0 spiro atoms. The number of carboxylic acids is 1. The maximum atomic E-state index is 13.0. The van der Waals surface area contributed by atoms with E-state index in [0.29, 0.717) is 5.69 Å². The SMILES string of the molecule is Cc1cn(C)nc1CN(C)C(=O)C(CC(=O)O)NC(=O)OCC1c2ccccc2-c2ccccc21. The largest absolute Gasteiger partial charge is 0.481 e. The number of alkyl carbamates (subject to hydrolysis) is 1. The average molecular weight is 477 g/mol. The summed E-state index contributed by atoms with van der Waals surface area (Å²) in [7, 11) is 3.33. The summed E-state index contributed by atoms with van der Waals surface area (Å²) in [4.78, 5) is 38.4. The number of carbonyl (C=O) groups is 3. The van der Waals surface area contributed by atoms with Gasteiger partial charge in [-0.15, -0.1) is 0 Å². The number of fused-ring (bicyclic) bond motifs is 3. The summed E-state index contributed by atoms with van der Waals surface area (Å²) in [5, 5.41) is 16.1. The highest BCUT2D eigenvalue weighted by atomic mass is 16.5. The Kier molecular flexibility index (Phi) is 6.86. The first kappa shape index (κ1) is 24.0. The van der Waals surface area contributed by atoms with Gasteiger partial charge in [0.1, 0.15) is 12.6 Å². The van der Waals surface area contributed by atoms with Crippen molar-refractivity contribution in [1.82, 2.24) is 20.0 Å². The molecular formula is C26H28N4O5. The molecule has 2 amide bonds. The third-order valence-corrected chi connectivity index (χ3v) is 6.19. The van der Waals surface area contributed by atoms with Crippen LogP contribution in [0.4, 0.5) is 4.79 Å². The Balaban J connectivity index is 1.42. The molecule has 2 N–H and O–H groups in total. The standard InChI is InChI=1S/C26H28N4O5/c1-16-13-30(3)28-23(16)14-29(2)25(33)22(12-24(31)32)27-26(34)35-15-21-19-10-6-4-8-17(19)18-9-5-7-11-20(18)21/h4-11,13,21-22H,12,14-15H2,1-3H3,(H,27,34)(H,31,32). The second-order valence-corrected chi connectivity index (χ2v) is 8.75. The number of carbonyl (C=O) groups excluding carboxylic acids is 2. The molecule has 1 aliphatic rings. The van der Waals surface area contributed by atoms with Crippen LogP contribution >= 0.6 is 0 Å². The van der Waals surface area contributed by atoms with Gasteiger partial charge in [0.25, 0.3) is 0 Å². The van der Waals surface area contributed by atoms with Gasteiger partial charge >= 0.3 is 12.1 Å². The molecule has 0 fully saturated rings. The topological polar surface area (TPSA) is 114 Å². The summed E-state index contributed by atoms with van der Waals surface area (Å²) < 4.78 is 7.14. The van der Waals surface area contributed by atoms with E-state index in [4.69, 9.17) is 4.74 Å².